The second kappa shape index (κ2) is 5.75. The number of fused-ring (bicyclic) bond motifs is 1. The van der Waals surface area contributed by atoms with Crippen molar-refractivity contribution in [2.24, 2.45) is 0 Å². The fraction of sp³-hybridized carbons (Fsp3) is 0.250. The topological polar surface area (TPSA) is 64.3 Å². The first-order valence-electron chi connectivity index (χ1n) is 7.45. The third-order valence-electron chi connectivity index (χ3n) is 4.00. The Balaban J connectivity index is 2.03. The average molecular weight is 380 g/mol. The van der Waals surface area contributed by atoms with Crippen LogP contribution < -0.4 is 0 Å². The molecule has 0 N–H and O–H groups in total. The van der Waals surface area contributed by atoms with Gasteiger partial charge in [0, 0.05) is 11.6 Å². The Morgan fingerprint density at radius 1 is 1.25 bits per heavy atom. The van der Waals surface area contributed by atoms with Crippen LogP contribution in [0.25, 0.3) is 5.65 Å². The van der Waals surface area contributed by atoms with Crippen LogP contribution in [0.3, 0.4) is 0 Å². The fourth-order valence-electron chi connectivity index (χ4n) is 2.63. The van der Waals surface area contributed by atoms with Crippen molar-refractivity contribution in [3.63, 3.8) is 0 Å². The highest BCUT2D eigenvalue weighted by molar-refractivity contribution is 7.99. The first-order chi connectivity index (χ1) is 11.5. The number of hydrogen-bond acceptors (Lipinski definition) is 5. The second-order valence-electron chi connectivity index (χ2n) is 5.67. The Morgan fingerprint density at radius 3 is 2.58 bits per heavy atom. The molecule has 124 valence electrons. The number of aromatic nitrogens is 3. The Hall–Kier alpha value is -1.57. The molecule has 1 aliphatic rings. The molecule has 0 spiro atoms. The minimum Gasteiger partial charge on any atom is -0.232 e. The number of rotatable bonds is 4. The summed E-state index contributed by atoms with van der Waals surface area (Å²) in [7, 11) is -3.73. The van der Waals surface area contributed by atoms with Crippen molar-refractivity contribution >= 4 is 38.8 Å². The van der Waals surface area contributed by atoms with Gasteiger partial charge in [0.2, 0.25) is 9.84 Å². The summed E-state index contributed by atoms with van der Waals surface area (Å²) in [5.74, 6) is 0.368. The number of sulfone groups is 1. The summed E-state index contributed by atoms with van der Waals surface area (Å²) >= 11 is 7.60. The molecule has 0 amide bonds. The van der Waals surface area contributed by atoms with Gasteiger partial charge in [0.1, 0.15) is 10.2 Å². The highest BCUT2D eigenvalue weighted by Crippen LogP contribution is 2.41. The van der Waals surface area contributed by atoms with Crippen LogP contribution in [-0.4, -0.2) is 29.3 Å². The fourth-order valence-corrected chi connectivity index (χ4v) is 5.28. The molecule has 3 aromatic rings. The van der Waals surface area contributed by atoms with Crippen molar-refractivity contribution in [3.05, 3.63) is 47.2 Å². The summed E-state index contributed by atoms with van der Waals surface area (Å²) in [6, 6.07) is 10.1. The van der Waals surface area contributed by atoms with E-state index >= 15 is 0 Å². The van der Waals surface area contributed by atoms with E-state index in [0.717, 1.165) is 18.5 Å². The summed E-state index contributed by atoms with van der Waals surface area (Å²) in [6.45, 7) is 0. The maximum Gasteiger partial charge on any atom is 0.213 e. The van der Waals surface area contributed by atoms with Gasteiger partial charge >= 0.3 is 0 Å². The normalized spacial score (nSPS) is 15.1. The van der Waals surface area contributed by atoms with Gasteiger partial charge < -0.3 is 0 Å². The predicted octanol–water partition coefficient (Wildman–Crippen LogP) is 3.81. The molecular formula is C16H14ClN3O2S2. The van der Waals surface area contributed by atoms with Crippen LogP contribution in [0.2, 0.25) is 5.15 Å². The van der Waals surface area contributed by atoms with Crippen molar-refractivity contribution in [2.75, 3.05) is 6.26 Å². The molecule has 2 aromatic heterocycles. The van der Waals surface area contributed by atoms with E-state index in [9.17, 15) is 8.42 Å². The van der Waals surface area contributed by atoms with E-state index in [1.165, 1.54) is 16.3 Å². The minimum absolute atomic E-state index is 0.130. The zero-order chi connectivity index (χ0) is 16.9. The van der Waals surface area contributed by atoms with E-state index in [0.29, 0.717) is 21.7 Å². The Morgan fingerprint density at radius 2 is 1.96 bits per heavy atom. The summed E-state index contributed by atoms with van der Waals surface area (Å²) in [5.41, 5.74) is 1.14. The summed E-state index contributed by atoms with van der Waals surface area (Å²) in [4.78, 5) is 4.94. The van der Waals surface area contributed by atoms with Gasteiger partial charge in [-0.15, -0.1) is 11.8 Å². The lowest BCUT2D eigenvalue weighted by atomic mass is 10.3. The van der Waals surface area contributed by atoms with Crippen LogP contribution in [0.15, 0.2) is 51.2 Å². The standard InChI is InChI=1S/C16H14ClN3O2S2/c1-23-16-14(24(21,22)11-5-3-2-4-6-11)15-18-12(10-7-8-10)9-13(17)20(15)19-16/h2-6,9-10H,7-8H2,1H3. The molecule has 1 fully saturated rings. The third kappa shape index (κ3) is 2.51. The Kier molecular flexibility index (Phi) is 3.82. The maximum absolute atomic E-state index is 13.1. The molecule has 0 unspecified atom stereocenters. The van der Waals surface area contributed by atoms with Crippen LogP contribution >= 0.6 is 23.4 Å². The lowest BCUT2D eigenvalue weighted by molar-refractivity contribution is 0.594. The number of nitrogens with zero attached hydrogens (tertiary/aromatic N) is 3. The van der Waals surface area contributed by atoms with E-state index in [1.807, 2.05) is 0 Å². The third-order valence-corrected chi connectivity index (χ3v) is 6.88. The number of hydrogen-bond donors (Lipinski definition) is 0. The van der Waals surface area contributed by atoms with Crippen LogP contribution in [0.1, 0.15) is 24.5 Å². The van der Waals surface area contributed by atoms with Crippen molar-refractivity contribution in [1.82, 2.24) is 14.6 Å². The Labute approximate surface area is 149 Å². The van der Waals surface area contributed by atoms with Gasteiger partial charge in [-0.2, -0.15) is 5.10 Å². The average Bonchev–Trinajstić information content (AvgIpc) is 3.35. The van der Waals surface area contributed by atoms with Crippen LogP contribution in [-0.2, 0) is 9.84 Å². The molecule has 2 heterocycles. The van der Waals surface area contributed by atoms with Crippen LogP contribution in [0.4, 0.5) is 0 Å². The monoisotopic (exact) mass is 379 g/mol. The number of thioether (sulfide) groups is 1. The molecule has 0 radical (unpaired) electrons. The van der Waals surface area contributed by atoms with Gasteiger partial charge in [-0.25, -0.2) is 17.9 Å². The highest BCUT2D eigenvalue weighted by atomic mass is 35.5. The van der Waals surface area contributed by atoms with Crippen molar-refractivity contribution < 1.29 is 8.42 Å². The molecule has 0 saturated heterocycles. The zero-order valence-corrected chi connectivity index (χ0v) is 15.2. The first-order valence-corrected chi connectivity index (χ1v) is 10.5. The van der Waals surface area contributed by atoms with Crippen molar-refractivity contribution in [3.8, 4) is 0 Å². The summed E-state index contributed by atoms with van der Waals surface area (Å²) < 4.78 is 27.7. The molecule has 0 atom stereocenters. The van der Waals surface area contributed by atoms with Gasteiger partial charge in [0.15, 0.2) is 10.5 Å². The van der Waals surface area contributed by atoms with Crippen LogP contribution in [0.5, 0.6) is 0 Å². The van der Waals surface area contributed by atoms with E-state index < -0.39 is 9.84 Å². The van der Waals surface area contributed by atoms with E-state index in [-0.39, 0.29) is 9.79 Å². The maximum atomic E-state index is 13.1. The van der Waals surface area contributed by atoms with E-state index in [4.69, 9.17) is 11.6 Å². The zero-order valence-electron chi connectivity index (χ0n) is 12.8. The lowest BCUT2D eigenvalue weighted by Crippen LogP contribution is -2.04. The molecular weight excluding hydrogens is 366 g/mol. The van der Waals surface area contributed by atoms with E-state index in [1.54, 1.807) is 42.7 Å². The van der Waals surface area contributed by atoms with Crippen molar-refractivity contribution in [2.45, 2.75) is 33.6 Å². The molecule has 4 rings (SSSR count). The molecule has 1 aliphatic carbocycles. The molecule has 1 aromatic carbocycles. The number of halogens is 1. The first kappa shape index (κ1) is 15.9. The number of benzene rings is 1. The summed E-state index contributed by atoms with van der Waals surface area (Å²) in [5, 5.41) is 5.13. The quantitative estimate of drug-likeness (QED) is 0.509. The highest BCUT2D eigenvalue weighted by Gasteiger charge is 2.31. The molecule has 0 bridgehead atoms. The SMILES string of the molecule is CSc1nn2c(Cl)cc(C3CC3)nc2c1S(=O)(=O)c1ccccc1. The van der Waals surface area contributed by atoms with Crippen molar-refractivity contribution in [1.29, 1.82) is 0 Å². The van der Waals surface area contributed by atoms with Gasteiger partial charge in [0.05, 0.1) is 4.90 Å². The largest absolute Gasteiger partial charge is 0.232 e. The molecule has 0 aliphatic heterocycles. The minimum atomic E-state index is -3.73. The van der Waals surface area contributed by atoms with Crippen LogP contribution in [0, 0.1) is 0 Å². The van der Waals surface area contributed by atoms with Gasteiger partial charge in [0.25, 0.3) is 0 Å². The molecule has 24 heavy (non-hydrogen) atoms. The molecule has 1 saturated carbocycles. The second-order valence-corrected chi connectivity index (χ2v) is 8.74. The molecule has 8 heteroatoms. The van der Waals surface area contributed by atoms with Gasteiger partial charge in [-0.1, -0.05) is 29.8 Å². The van der Waals surface area contributed by atoms with Gasteiger partial charge in [-0.05, 0) is 37.3 Å². The molecule has 5 nitrogen and oxygen atoms in total. The lowest BCUT2D eigenvalue weighted by Gasteiger charge is -2.05. The van der Waals surface area contributed by atoms with E-state index in [2.05, 4.69) is 10.1 Å². The smallest absolute Gasteiger partial charge is 0.213 e. The predicted molar refractivity (Wildman–Crippen MR) is 93.6 cm³/mol. The Bertz CT molecular complexity index is 1030. The summed E-state index contributed by atoms with van der Waals surface area (Å²) in [6.07, 6.45) is 3.91. The van der Waals surface area contributed by atoms with Gasteiger partial charge in [-0.3, -0.25) is 0 Å².